The minimum atomic E-state index is -0.152. The van der Waals surface area contributed by atoms with E-state index < -0.39 is 0 Å². The lowest BCUT2D eigenvalue weighted by atomic mass is 9.87. The standard InChI is InChI=1S/C17H27FO/c1-3-4-9-16(18)12-11-14(2)13-15-8-6-5-7-10-17(15)19/h4,9,12,14-15H,3,5-8,10-11,13H2,1-2H3/b9-4-,16-12+. The van der Waals surface area contributed by atoms with Gasteiger partial charge in [-0.1, -0.05) is 32.8 Å². The summed E-state index contributed by atoms with van der Waals surface area (Å²) in [5.74, 6) is 0.883. The average Bonchev–Trinajstić information content (AvgIpc) is 2.59. The topological polar surface area (TPSA) is 17.1 Å². The van der Waals surface area contributed by atoms with E-state index in [9.17, 15) is 9.18 Å². The van der Waals surface area contributed by atoms with E-state index in [1.807, 2.05) is 13.0 Å². The molecule has 1 fully saturated rings. The van der Waals surface area contributed by atoms with Crippen LogP contribution in [0.15, 0.2) is 24.1 Å². The van der Waals surface area contributed by atoms with Gasteiger partial charge in [0.05, 0.1) is 0 Å². The van der Waals surface area contributed by atoms with Crippen LogP contribution < -0.4 is 0 Å². The van der Waals surface area contributed by atoms with Crippen LogP contribution in [0.2, 0.25) is 0 Å². The zero-order valence-electron chi connectivity index (χ0n) is 12.3. The molecule has 2 atom stereocenters. The molecule has 0 aromatic rings. The fourth-order valence-electron chi connectivity index (χ4n) is 2.68. The van der Waals surface area contributed by atoms with Gasteiger partial charge in [-0.15, -0.1) is 0 Å². The third-order valence-electron chi connectivity index (χ3n) is 3.85. The van der Waals surface area contributed by atoms with Crippen LogP contribution in [-0.4, -0.2) is 5.78 Å². The van der Waals surface area contributed by atoms with Gasteiger partial charge in [0.2, 0.25) is 0 Å². The molecule has 0 aromatic heterocycles. The summed E-state index contributed by atoms with van der Waals surface area (Å²) in [4.78, 5) is 11.9. The summed E-state index contributed by atoms with van der Waals surface area (Å²) in [6.45, 7) is 4.11. The van der Waals surface area contributed by atoms with Crippen molar-refractivity contribution in [2.24, 2.45) is 11.8 Å². The molecule has 0 aliphatic heterocycles. The van der Waals surface area contributed by atoms with Crippen LogP contribution in [0.5, 0.6) is 0 Å². The van der Waals surface area contributed by atoms with Gasteiger partial charge in [-0.05, 0) is 50.2 Å². The van der Waals surface area contributed by atoms with Gasteiger partial charge in [-0.25, -0.2) is 4.39 Å². The molecule has 0 radical (unpaired) electrons. The van der Waals surface area contributed by atoms with Gasteiger partial charge < -0.3 is 0 Å². The van der Waals surface area contributed by atoms with Crippen LogP contribution in [0.4, 0.5) is 4.39 Å². The first-order valence-corrected chi connectivity index (χ1v) is 7.68. The second kappa shape index (κ2) is 9.06. The SMILES string of the molecule is CC/C=C\C(F)=C/CC(C)CC1CCCCCC1=O. The number of Topliss-reactive ketones (excluding diaryl/α,β-unsaturated/α-hetero) is 1. The molecule has 1 aliphatic carbocycles. The maximum atomic E-state index is 13.4. The second-order valence-corrected chi connectivity index (χ2v) is 5.74. The Morgan fingerprint density at radius 1 is 1.42 bits per heavy atom. The molecule has 0 amide bonds. The van der Waals surface area contributed by atoms with Crippen molar-refractivity contribution in [3.63, 3.8) is 0 Å². The first-order valence-electron chi connectivity index (χ1n) is 7.68. The summed E-state index contributed by atoms with van der Waals surface area (Å²) >= 11 is 0. The number of halogens is 1. The molecule has 0 spiro atoms. The molecule has 2 heteroatoms. The highest BCUT2D eigenvalue weighted by Gasteiger charge is 2.22. The summed E-state index contributed by atoms with van der Waals surface area (Å²) < 4.78 is 13.4. The van der Waals surface area contributed by atoms with Crippen LogP contribution >= 0.6 is 0 Å². The highest BCUT2D eigenvalue weighted by atomic mass is 19.1. The molecule has 0 aromatic carbocycles. The lowest BCUT2D eigenvalue weighted by molar-refractivity contribution is -0.123. The summed E-state index contributed by atoms with van der Waals surface area (Å²) in [5.41, 5.74) is 0. The molecule has 19 heavy (non-hydrogen) atoms. The van der Waals surface area contributed by atoms with Crippen molar-refractivity contribution < 1.29 is 9.18 Å². The maximum absolute atomic E-state index is 13.4. The fourth-order valence-corrected chi connectivity index (χ4v) is 2.68. The van der Waals surface area contributed by atoms with E-state index in [-0.39, 0.29) is 11.7 Å². The highest BCUT2D eigenvalue weighted by molar-refractivity contribution is 5.81. The van der Waals surface area contributed by atoms with E-state index in [1.54, 1.807) is 6.08 Å². The van der Waals surface area contributed by atoms with Gasteiger partial charge in [0, 0.05) is 12.3 Å². The Hall–Kier alpha value is -0.920. The Bertz CT molecular complexity index is 330. The molecule has 0 N–H and O–H groups in total. The highest BCUT2D eigenvalue weighted by Crippen LogP contribution is 2.27. The number of carbonyl (C=O) groups is 1. The van der Waals surface area contributed by atoms with Crippen molar-refractivity contribution in [2.75, 3.05) is 0 Å². The van der Waals surface area contributed by atoms with E-state index in [2.05, 4.69) is 6.92 Å². The van der Waals surface area contributed by atoms with Crippen LogP contribution in [0, 0.1) is 11.8 Å². The molecule has 108 valence electrons. The Morgan fingerprint density at radius 3 is 2.95 bits per heavy atom. The summed E-state index contributed by atoms with van der Waals surface area (Å²) in [5, 5.41) is 0. The molecule has 2 unspecified atom stereocenters. The maximum Gasteiger partial charge on any atom is 0.135 e. The van der Waals surface area contributed by atoms with Crippen molar-refractivity contribution in [3.8, 4) is 0 Å². The third-order valence-corrected chi connectivity index (χ3v) is 3.85. The van der Waals surface area contributed by atoms with Gasteiger partial charge in [-0.2, -0.15) is 0 Å². The van der Waals surface area contributed by atoms with E-state index in [1.165, 1.54) is 18.9 Å². The molecule has 0 bridgehead atoms. The summed E-state index contributed by atoms with van der Waals surface area (Å²) in [6, 6.07) is 0. The van der Waals surface area contributed by atoms with Gasteiger partial charge in [0.25, 0.3) is 0 Å². The predicted octanol–water partition coefficient (Wildman–Crippen LogP) is 5.37. The Labute approximate surface area is 117 Å². The molecular formula is C17H27FO. The van der Waals surface area contributed by atoms with Crippen molar-refractivity contribution in [2.45, 2.75) is 65.2 Å². The van der Waals surface area contributed by atoms with Gasteiger partial charge in [0.15, 0.2) is 0 Å². The van der Waals surface area contributed by atoms with Crippen LogP contribution in [0.25, 0.3) is 0 Å². The molecular weight excluding hydrogens is 239 g/mol. The minimum absolute atomic E-state index is 0.152. The third kappa shape index (κ3) is 6.70. The van der Waals surface area contributed by atoms with Crippen molar-refractivity contribution in [1.82, 2.24) is 0 Å². The summed E-state index contributed by atoms with van der Waals surface area (Å²) in [7, 11) is 0. The lowest BCUT2D eigenvalue weighted by Gasteiger charge is -2.17. The van der Waals surface area contributed by atoms with Crippen molar-refractivity contribution in [1.29, 1.82) is 0 Å². The largest absolute Gasteiger partial charge is 0.299 e. The van der Waals surface area contributed by atoms with Crippen LogP contribution in [-0.2, 0) is 4.79 Å². The van der Waals surface area contributed by atoms with E-state index in [0.29, 0.717) is 11.7 Å². The van der Waals surface area contributed by atoms with Crippen molar-refractivity contribution >= 4 is 5.78 Å². The zero-order valence-corrected chi connectivity index (χ0v) is 12.3. The van der Waals surface area contributed by atoms with E-state index in [4.69, 9.17) is 0 Å². The number of hydrogen-bond acceptors (Lipinski definition) is 1. The lowest BCUT2D eigenvalue weighted by Crippen LogP contribution is -2.15. The Balaban J connectivity index is 2.39. The van der Waals surface area contributed by atoms with Gasteiger partial charge >= 0.3 is 0 Å². The summed E-state index contributed by atoms with van der Waals surface area (Å²) in [6.07, 6.45) is 12.7. The monoisotopic (exact) mass is 266 g/mol. The zero-order chi connectivity index (χ0) is 14.1. The smallest absolute Gasteiger partial charge is 0.135 e. The second-order valence-electron chi connectivity index (χ2n) is 5.74. The molecule has 0 saturated heterocycles. The van der Waals surface area contributed by atoms with Crippen molar-refractivity contribution in [3.05, 3.63) is 24.1 Å². The number of rotatable bonds is 6. The fraction of sp³-hybridized carbons (Fsp3) is 0.706. The van der Waals surface area contributed by atoms with Crippen LogP contribution in [0.1, 0.15) is 65.2 Å². The van der Waals surface area contributed by atoms with Gasteiger partial charge in [0.1, 0.15) is 11.6 Å². The predicted molar refractivity (Wildman–Crippen MR) is 78.6 cm³/mol. The molecule has 1 rings (SSSR count). The first kappa shape index (κ1) is 16.1. The Morgan fingerprint density at radius 2 is 2.21 bits per heavy atom. The van der Waals surface area contributed by atoms with Crippen LogP contribution in [0.3, 0.4) is 0 Å². The van der Waals surface area contributed by atoms with E-state index in [0.717, 1.165) is 38.5 Å². The Kier molecular flexibility index (Phi) is 7.69. The van der Waals surface area contributed by atoms with E-state index >= 15 is 0 Å². The molecule has 0 heterocycles. The average molecular weight is 266 g/mol. The first-order chi connectivity index (χ1) is 9.13. The molecule has 1 saturated carbocycles. The quantitative estimate of drug-likeness (QED) is 0.466. The number of allylic oxidation sites excluding steroid dienone is 4. The number of hydrogen-bond donors (Lipinski definition) is 0. The van der Waals surface area contributed by atoms with Gasteiger partial charge in [-0.3, -0.25) is 4.79 Å². The number of ketones is 1. The normalized spacial score (nSPS) is 23.6. The number of carbonyl (C=O) groups excluding carboxylic acids is 1. The minimum Gasteiger partial charge on any atom is -0.299 e. The molecule has 1 nitrogen and oxygen atoms in total. The molecule has 1 aliphatic rings.